The summed E-state index contributed by atoms with van der Waals surface area (Å²) in [7, 11) is 0. The van der Waals surface area contributed by atoms with E-state index in [-0.39, 0.29) is 0 Å². The Morgan fingerprint density at radius 3 is 2.71 bits per heavy atom. The van der Waals surface area contributed by atoms with E-state index in [1.165, 1.54) is 5.56 Å². The molecule has 0 spiro atoms. The number of pyridine rings is 1. The lowest BCUT2D eigenvalue weighted by atomic mass is 10.2. The number of nitrogens with zero attached hydrogens (tertiary/aromatic N) is 4. The van der Waals surface area contributed by atoms with Crippen molar-refractivity contribution in [2.24, 2.45) is 0 Å². The molecule has 5 heteroatoms. The van der Waals surface area contributed by atoms with Gasteiger partial charge in [0.25, 0.3) is 0 Å². The van der Waals surface area contributed by atoms with Crippen LogP contribution in [0.15, 0.2) is 36.5 Å². The predicted octanol–water partition coefficient (Wildman–Crippen LogP) is 3.93. The molecular weight excluding hydrogens is 300 g/mol. The predicted molar refractivity (Wildman–Crippen MR) is 92.6 cm³/mol. The number of ether oxygens (including phenoxy) is 1. The van der Waals surface area contributed by atoms with Gasteiger partial charge < -0.3 is 9.30 Å². The van der Waals surface area contributed by atoms with Crippen molar-refractivity contribution in [3.63, 3.8) is 0 Å². The van der Waals surface area contributed by atoms with E-state index in [0.717, 1.165) is 34.7 Å². The molecule has 0 amide bonds. The van der Waals surface area contributed by atoms with Crippen LogP contribution in [0.3, 0.4) is 0 Å². The molecule has 0 saturated carbocycles. The van der Waals surface area contributed by atoms with Gasteiger partial charge in [0.1, 0.15) is 23.7 Å². The number of unbranched alkanes of at least 4 members (excludes halogenated alkanes) is 1. The molecule has 0 unspecified atom stereocenters. The lowest BCUT2D eigenvalue weighted by Gasteiger charge is -2.09. The van der Waals surface area contributed by atoms with Gasteiger partial charge in [-0.15, -0.1) is 0 Å². The molecule has 0 fully saturated rings. The van der Waals surface area contributed by atoms with Gasteiger partial charge in [0.05, 0.1) is 6.07 Å². The van der Waals surface area contributed by atoms with Crippen LogP contribution in [0, 0.1) is 25.2 Å². The summed E-state index contributed by atoms with van der Waals surface area (Å²) in [6.45, 7) is 5.15. The Morgan fingerprint density at radius 2 is 1.96 bits per heavy atom. The maximum absolute atomic E-state index is 8.77. The van der Waals surface area contributed by atoms with E-state index in [1.807, 2.05) is 50.4 Å². The topological polar surface area (TPSA) is 63.7 Å². The van der Waals surface area contributed by atoms with E-state index >= 15 is 0 Å². The minimum atomic E-state index is 0.380. The average Bonchev–Trinajstić information content (AvgIpc) is 2.91. The van der Waals surface area contributed by atoms with Gasteiger partial charge in [-0.3, -0.25) is 0 Å². The zero-order chi connectivity index (χ0) is 16.9. The van der Waals surface area contributed by atoms with Crippen LogP contribution in [-0.2, 0) is 13.2 Å². The molecule has 3 aromatic rings. The highest BCUT2D eigenvalue weighted by Crippen LogP contribution is 2.19. The fraction of sp³-hybridized carbons (Fsp3) is 0.316. The van der Waals surface area contributed by atoms with Gasteiger partial charge in [-0.25, -0.2) is 9.97 Å². The smallest absolute Gasteiger partial charge is 0.160 e. The number of nitriles is 1. The third-order valence-electron chi connectivity index (χ3n) is 3.86. The number of benzene rings is 1. The van der Waals surface area contributed by atoms with Crippen LogP contribution >= 0.6 is 0 Å². The fourth-order valence-electron chi connectivity index (χ4n) is 2.60. The molecule has 0 aliphatic carbocycles. The SMILES string of the molecule is Cc1ccc(OCc2nc3cc(C)cnc3n2CCCC#N)cc1. The molecule has 122 valence electrons. The molecule has 1 aromatic carbocycles. The van der Waals surface area contributed by atoms with Crippen molar-refractivity contribution in [3.05, 3.63) is 53.5 Å². The van der Waals surface area contributed by atoms with Crippen molar-refractivity contribution < 1.29 is 4.74 Å². The Balaban J connectivity index is 1.85. The first-order valence-corrected chi connectivity index (χ1v) is 8.05. The second-order valence-electron chi connectivity index (χ2n) is 5.90. The minimum Gasteiger partial charge on any atom is -0.486 e. The number of rotatable bonds is 6. The summed E-state index contributed by atoms with van der Waals surface area (Å²) in [5.74, 6) is 1.65. The van der Waals surface area contributed by atoms with E-state index in [0.29, 0.717) is 19.6 Å². The molecule has 5 nitrogen and oxygen atoms in total. The van der Waals surface area contributed by atoms with E-state index in [4.69, 9.17) is 10.00 Å². The van der Waals surface area contributed by atoms with Gasteiger partial charge in [-0.05, 0) is 44.0 Å². The Hall–Kier alpha value is -2.87. The van der Waals surface area contributed by atoms with Crippen molar-refractivity contribution >= 4 is 11.2 Å². The van der Waals surface area contributed by atoms with E-state index in [2.05, 4.69) is 20.6 Å². The highest BCUT2D eigenvalue weighted by molar-refractivity contribution is 5.72. The van der Waals surface area contributed by atoms with Gasteiger partial charge in [-0.2, -0.15) is 5.26 Å². The monoisotopic (exact) mass is 320 g/mol. The summed E-state index contributed by atoms with van der Waals surface area (Å²) in [6, 6.07) is 12.2. The summed E-state index contributed by atoms with van der Waals surface area (Å²) >= 11 is 0. The Bertz CT molecular complexity index is 875. The van der Waals surface area contributed by atoms with E-state index in [1.54, 1.807) is 0 Å². The van der Waals surface area contributed by atoms with Crippen LogP contribution in [-0.4, -0.2) is 14.5 Å². The fourth-order valence-corrected chi connectivity index (χ4v) is 2.60. The molecule has 0 atom stereocenters. The largest absolute Gasteiger partial charge is 0.486 e. The molecule has 0 aliphatic rings. The Kier molecular flexibility index (Phi) is 4.76. The third-order valence-corrected chi connectivity index (χ3v) is 3.86. The highest BCUT2D eigenvalue weighted by Gasteiger charge is 2.12. The van der Waals surface area contributed by atoms with Gasteiger partial charge in [0, 0.05) is 19.2 Å². The Labute approximate surface area is 141 Å². The first-order chi connectivity index (χ1) is 11.7. The number of hydrogen-bond acceptors (Lipinski definition) is 4. The van der Waals surface area contributed by atoms with Gasteiger partial charge in [0.15, 0.2) is 5.65 Å². The molecule has 0 saturated heterocycles. The summed E-state index contributed by atoms with van der Waals surface area (Å²) < 4.78 is 7.93. The highest BCUT2D eigenvalue weighted by atomic mass is 16.5. The van der Waals surface area contributed by atoms with Crippen LogP contribution in [0.2, 0.25) is 0 Å². The van der Waals surface area contributed by atoms with Crippen LogP contribution in [0.5, 0.6) is 5.75 Å². The molecule has 0 radical (unpaired) electrons. The van der Waals surface area contributed by atoms with Crippen molar-refractivity contribution in [2.45, 2.75) is 39.8 Å². The number of aromatic nitrogens is 3. The van der Waals surface area contributed by atoms with Crippen molar-refractivity contribution in [3.8, 4) is 11.8 Å². The van der Waals surface area contributed by atoms with Gasteiger partial charge >= 0.3 is 0 Å². The maximum atomic E-state index is 8.77. The quantitative estimate of drug-likeness (QED) is 0.646. The second kappa shape index (κ2) is 7.14. The Morgan fingerprint density at radius 1 is 1.17 bits per heavy atom. The normalized spacial score (nSPS) is 10.7. The molecular formula is C19H20N4O. The number of fused-ring (bicyclic) bond motifs is 1. The summed E-state index contributed by atoms with van der Waals surface area (Å²) in [5, 5.41) is 8.77. The zero-order valence-corrected chi connectivity index (χ0v) is 14.0. The maximum Gasteiger partial charge on any atom is 0.160 e. The van der Waals surface area contributed by atoms with E-state index in [9.17, 15) is 0 Å². The number of hydrogen-bond donors (Lipinski definition) is 0. The summed E-state index contributed by atoms with van der Waals surface area (Å²) in [6.07, 6.45) is 3.13. The summed E-state index contributed by atoms with van der Waals surface area (Å²) in [5.41, 5.74) is 4.00. The van der Waals surface area contributed by atoms with Crippen molar-refractivity contribution in [2.75, 3.05) is 0 Å². The lowest BCUT2D eigenvalue weighted by molar-refractivity contribution is 0.289. The zero-order valence-electron chi connectivity index (χ0n) is 14.0. The van der Waals surface area contributed by atoms with Crippen LogP contribution in [0.25, 0.3) is 11.2 Å². The first kappa shape index (κ1) is 16.0. The van der Waals surface area contributed by atoms with E-state index < -0.39 is 0 Å². The molecule has 2 heterocycles. The van der Waals surface area contributed by atoms with Crippen LogP contribution in [0.1, 0.15) is 29.8 Å². The standard InChI is InChI=1S/C19H20N4O/c1-14-5-7-16(8-6-14)24-13-18-22-17-11-15(2)12-21-19(17)23(18)10-4-3-9-20/h5-8,11-12H,3-4,10,13H2,1-2H3. The molecule has 0 aliphatic heterocycles. The number of aryl methyl sites for hydroxylation is 3. The lowest BCUT2D eigenvalue weighted by Crippen LogP contribution is -2.08. The van der Waals surface area contributed by atoms with Gasteiger partial charge in [-0.1, -0.05) is 17.7 Å². The van der Waals surface area contributed by atoms with Crippen molar-refractivity contribution in [1.82, 2.24) is 14.5 Å². The third kappa shape index (κ3) is 3.54. The number of imidazole rings is 1. The minimum absolute atomic E-state index is 0.380. The summed E-state index contributed by atoms with van der Waals surface area (Å²) in [4.78, 5) is 9.19. The molecule has 3 rings (SSSR count). The molecule has 0 bridgehead atoms. The van der Waals surface area contributed by atoms with Crippen molar-refractivity contribution in [1.29, 1.82) is 5.26 Å². The second-order valence-corrected chi connectivity index (χ2v) is 5.90. The molecule has 0 N–H and O–H groups in total. The van der Waals surface area contributed by atoms with Crippen LogP contribution in [0.4, 0.5) is 0 Å². The first-order valence-electron chi connectivity index (χ1n) is 8.05. The van der Waals surface area contributed by atoms with Gasteiger partial charge in [0.2, 0.25) is 0 Å². The van der Waals surface area contributed by atoms with Crippen LogP contribution < -0.4 is 4.74 Å². The average molecular weight is 320 g/mol. The molecule has 24 heavy (non-hydrogen) atoms. The molecule has 2 aromatic heterocycles.